The summed E-state index contributed by atoms with van der Waals surface area (Å²) in [6.07, 6.45) is 8.14. The van der Waals surface area contributed by atoms with Crippen LogP contribution in [0.25, 0.3) is 0 Å². The third-order valence-corrected chi connectivity index (χ3v) is 4.31. The standard InChI is InChI=1S/C17H30N4/c1-5-9-14-10-7-8-11-21(14)17-15(13(3)4)16(18-6-2)19-12-20-17/h12-14H,5-11H2,1-4H3,(H,18,19,20). The number of nitrogens with one attached hydrogen (secondary N) is 1. The van der Waals surface area contributed by atoms with Crippen molar-refractivity contribution in [1.82, 2.24) is 9.97 Å². The first-order chi connectivity index (χ1) is 10.2. The highest BCUT2D eigenvalue weighted by Crippen LogP contribution is 2.35. The molecule has 21 heavy (non-hydrogen) atoms. The van der Waals surface area contributed by atoms with Crippen LogP contribution in [0.2, 0.25) is 0 Å². The predicted octanol–water partition coefficient (Wildman–Crippen LogP) is 4.19. The Bertz CT molecular complexity index is 442. The molecule has 2 rings (SSSR count). The molecule has 1 aliphatic heterocycles. The van der Waals surface area contributed by atoms with Crippen LogP contribution < -0.4 is 10.2 Å². The molecule has 1 fully saturated rings. The van der Waals surface area contributed by atoms with E-state index in [4.69, 9.17) is 0 Å². The van der Waals surface area contributed by atoms with Crippen LogP contribution in [0.5, 0.6) is 0 Å². The van der Waals surface area contributed by atoms with E-state index in [9.17, 15) is 0 Å². The molecule has 0 aromatic carbocycles. The molecule has 4 heteroatoms. The molecule has 1 saturated heterocycles. The average molecular weight is 290 g/mol. The second-order valence-corrected chi connectivity index (χ2v) is 6.28. The molecule has 118 valence electrons. The molecular weight excluding hydrogens is 260 g/mol. The highest BCUT2D eigenvalue weighted by molar-refractivity contribution is 5.61. The van der Waals surface area contributed by atoms with Gasteiger partial charge in [0, 0.05) is 24.7 Å². The smallest absolute Gasteiger partial charge is 0.137 e. The first-order valence-corrected chi connectivity index (χ1v) is 8.54. The Morgan fingerprint density at radius 2 is 2.10 bits per heavy atom. The number of piperidine rings is 1. The van der Waals surface area contributed by atoms with Crippen molar-refractivity contribution >= 4 is 11.6 Å². The lowest BCUT2D eigenvalue weighted by Crippen LogP contribution is -2.40. The largest absolute Gasteiger partial charge is 0.370 e. The van der Waals surface area contributed by atoms with Gasteiger partial charge in [-0.2, -0.15) is 0 Å². The molecule has 0 bridgehead atoms. The summed E-state index contributed by atoms with van der Waals surface area (Å²) in [7, 11) is 0. The van der Waals surface area contributed by atoms with Crippen LogP contribution in [0, 0.1) is 0 Å². The maximum Gasteiger partial charge on any atom is 0.137 e. The SMILES string of the molecule is CCCC1CCCCN1c1ncnc(NCC)c1C(C)C. The molecule has 0 spiro atoms. The first kappa shape index (κ1) is 16.1. The zero-order valence-electron chi connectivity index (χ0n) is 14.0. The second kappa shape index (κ2) is 7.62. The Labute approximate surface area is 129 Å². The lowest BCUT2D eigenvalue weighted by Gasteiger charge is -2.38. The summed E-state index contributed by atoms with van der Waals surface area (Å²) in [5.74, 6) is 2.60. The molecule has 1 atom stereocenters. The van der Waals surface area contributed by atoms with Gasteiger partial charge in [0.25, 0.3) is 0 Å². The number of hydrogen-bond donors (Lipinski definition) is 1. The Balaban J connectivity index is 2.38. The van der Waals surface area contributed by atoms with Gasteiger partial charge in [0.05, 0.1) is 0 Å². The van der Waals surface area contributed by atoms with Crippen LogP contribution in [0.3, 0.4) is 0 Å². The second-order valence-electron chi connectivity index (χ2n) is 6.28. The molecule has 0 aliphatic carbocycles. The zero-order chi connectivity index (χ0) is 15.2. The lowest BCUT2D eigenvalue weighted by atomic mass is 9.96. The molecule has 0 radical (unpaired) electrons. The minimum atomic E-state index is 0.430. The van der Waals surface area contributed by atoms with E-state index in [1.54, 1.807) is 6.33 Å². The number of hydrogen-bond acceptors (Lipinski definition) is 4. The normalized spacial score (nSPS) is 19.1. The maximum atomic E-state index is 4.67. The lowest BCUT2D eigenvalue weighted by molar-refractivity contribution is 0.430. The summed E-state index contributed by atoms with van der Waals surface area (Å²) < 4.78 is 0. The zero-order valence-corrected chi connectivity index (χ0v) is 14.0. The fraction of sp³-hybridized carbons (Fsp3) is 0.765. The topological polar surface area (TPSA) is 41.1 Å². The molecule has 1 aromatic heterocycles. The highest BCUT2D eigenvalue weighted by atomic mass is 15.2. The number of aromatic nitrogens is 2. The van der Waals surface area contributed by atoms with E-state index in [0.29, 0.717) is 12.0 Å². The number of nitrogens with zero attached hydrogens (tertiary/aromatic N) is 3. The minimum Gasteiger partial charge on any atom is -0.370 e. The monoisotopic (exact) mass is 290 g/mol. The first-order valence-electron chi connectivity index (χ1n) is 8.54. The fourth-order valence-corrected chi connectivity index (χ4v) is 3.37. The fourth-order valence-electron chi connectivity index (χ4n) is 3.37. The summed E-state index contributed by atoms with van der Waals surface area (Å²) in [4.78, 5) is 11.7. The van der Waals surface area contributed by atoms with Gasteiger partial charge in [0.2, 0.25) is 0 Å². The van der Waals surface area contributed by atoms with Crippen LogP contribution in [-0.4, -0.2) is 29.1 Å². The maximum absolute atomic E-state index is 4.67. The van der Waals surface area contributed by atoms with Crippen molar-refractivity contribution in [2.24, 2.45) is 0 Å². The van der Waals surface area contributed by atoms with Gasteiger partial charge in [-0.1, -0.05) is 27.2 Å². The molecule has 1 aromatic rings. The molecular formula is C17H30N4. The molecule has 1 N–H and O–H groups in total. The van der Waals surface area contributed by atoms with Gasteiger partial charge in [-0.05, 0) is 38.5 Å². The average Bonchev–Trinajstić information content (AvgIpc) is 2.48. The summed E-state index contributed by atoms with van der Waals surface area (Å²) >= 11 is 0. The molecule has 0 saturated carbocycles. The molecule has 4 nitrogen and oxygen atoms in total. The third kappa shape index (κ3) is 3.66. The Kier molecular flexibility index (Phi) is 5.83. The van der Waals surface area contributed by atoms with Crippen LogP contribution in [-0.2, 0) is 0 Å². The Hall–Kier alpha value is -1.32. The summed E-state index contributed by atoms with van der Waals surface area (Å²) in [6, 6.07) is 0.644. The summed E-state index contributed by atoms with van der Waals surface area (Å²) in [5.41, 5.74) is 1.28. The van der Waals surface area contributed by atoms with Gasteiger partial charge >= 0.3 is 0 Å². The van der Waals surface area contributed by atoms with E-state index >= 15 is 0 Å². The van der Waals surface area contributed by atoms with E-state index in [1.165, 1.54) is 37.7 Å². The quantitative estimate of drug-likeness (QED) is 0.853. The van der Waals surface area contributed by atoms with Crippen molar-refractivity contribution in [3.05, 3.63) is 11.9 Å². The predicted molar refractivity (Wildman–Crippen MR) is 90.2 cm³/mol. The van der Waals surface area contributed by atoms with Crippen molar-refractivity contribution in [2.75, 3.05) is 23.3 Å². The molecule has 1 unspecified atom stereocenters. The van der Waals surface area contributed by atoms with Gasteiger partial charge in [0.1, 0.15) is 18.0 Å². The van der Waals surface area contributed by atoms with Crippen molar-refractivity contribution in [1.29, 1.82) is 0 Å². The van der Waals surface area contributed by atoms with Crippen LogP contribution >= 0.6 is 0 Å². The van der Waals surface area contributed by atoms with Gasteiger partial charge in [-0.15, -0.1) is 0 Å². The van der Waals surface area contributed by atoms with Crippen LogP contribution in [0.1, 0.15) is 71.3 Å². The van der Waals surface area contributed by atoms with E-state index < -0.39 is 0 Å². The van der Waals surface area contributed by atoms with Gasteiger partial charge in [-0.25, -0.2) is 9.97 Å². The van der Waals surface area contributed by atoms with Gasteiger partial charge in [0.15, 0.2) is 0 Å². The van der Waals surface area contributed by atoms with E-state index in [1.807, 2.05) is 0 Å². The van der Waals surface area contributed by atoms with E-state index in [-0.39, 0.29) is 0 Å². The Morgan fingerprint density at radius 1 is 1.29 bits per heavy atom. The molecule has 1 aliphatic rings. The van der Waals surface area contributed by atoms with Crippen molar-refractivity contribution in [2.45, 2.75) is 71.8 Å². The van der Waals surface area contributed by atoms with Crippen LogP contribution in [0.15, 0.2) is 6.33 Å². The van der Waals surface area contributed by atoms with Gasteiger partial charge in [-0.3, -0.25) is 0 Å². The third-order valence-electron chi connectivity index (χ3n) is 4.31. The highest BCUT2D eigenvalue weighted by Gasteiger charge is 2.27. The van der Waals surface area contributed by atoms with E-state index in [2.05, 4.69) is 47.9 Å². The molecule has 2 heterocycles. The van der Waals surface area contributed by atoms with Crippen molar-refractivity contribution < 1.29 is 0 Å². The van der Waals surface area contributed by atoms with Crippen molar-refractivity contribution in [3.8, 4) is 0 Å². The number of rotatable bonds is 6. The minimum absolute atomic E-state index is 0.430. The van der Waals surface area contributed by atoms with Crippen molar-refractivity contribution in [3.63, 3.8) is 0 Å². The van der Waals surface area contributed by atoms with E-state index in [0.717, 1.165) is 24.7 Å². The number of anilines is 2. The Morgan fingerprint density at radius 3 is 2.76 bits per heavy atom. The van der Waals surface area contributed by atoms with Gasteiger partial charge < -0.3 is 10.2 Å². The summed E-state index contributed by atoms with van der Waals surface area (Å²) in [6.45, 7) is 10.9. The van der Waals surface area contributed by atoms with Crippen LogP contribution in [0.4, 0.5) is 11.6 Å². The molecule has 0 amide bonds. The summed E-state index contributed by atoms with van der Waals surface area (Å²) in [5, 5.41) is 3.41.